The van der Waals surface area contributed by atoms with Gasteiger partial charge in [0.25, 0.3) is 0 Å². The van der Waals surface area contributed by atoms with Crippen molar-refractivity contribution in [1.29, 1.82) is 0 Å². The van der Waals surface area contributed by atoms with Crippen LogP contribution in [0.15, 0.2) is 53.6 Å². The molecule has 0 saturated carbocycles. The molecule has 0 N–H and O–H groups in total. The van der Waals surface area contributed by atoms with Crippen LogP contribution in [0.4, 0.5) is 5.95 Å². The molecule has 1 saturated heterocycles. The van der Waals surface area contributed by atoms with Crippen LogP contribution in [0.1, 0.15) is 0 Å². The van der Waals surface area contributed by atoms with Gasteiger partial charge in [-0.05, 0) is 30.3 Å². The van der Waals surface area contributed by atoms with E-state index in [1.54, 1.807) is 51.8 Å². The van der Waals surface area contributed by atoms with Crippen molar-refractivity contribution in [3.63, 3.8) is 0 Å². The second-order valence-electron chi connectivity index (χ2n) is 7.48. The molecule has 2 heterocycles. The van der Waals surface area contributed by atoms with E-state index in [2.05, 4.69) is 4.98 Å². The minimum absolute atomic E-state index is 0.116. The third-order valence-electron chi connectivity index (χ3n) is 5.58. The number of anilines is 1. The first kappa shape index (κ1) is 24.1. The van der Waals surface area contributed by atoms with E-state index in [9.17, 15) is 8.42 Å². The van der Waals surface area contributed by atoms with Crippen LogP contribution in [0, 0.1) is 0 Å². The van der Waals surface area contributed by atoms with Crippen LogP contribution in [0.2, 0.25) is 5.02 Å². The van der Waals surface area contributed by atoms with Crippen molar-refractivity contribution in [3.05, 3.63) is 53.7 Å². The van der Waals surface area contributed by atoms with Gasteiger partial charge in [-0.2, -0.15) is 4.31 Å². The fourth-order valence-electron chi connectivity index (χ4n) is 3.81. The fourth-order valence-corrected chi connectivity index (χ4v) is 5.73. The molecule has 0 bridgehead atoms. The van der Waals surface area contributed by atoms with Crippen LogP contribution >= 0.6 is 11.6 Å². The molecule has 0 radical (unpaired) electrons. The number of halogens is 1. The molecular formula is C23H25ClN4O5S. The molecule has 2 aromatic carbocycles. The topological polar surface area (TPSA) is 94.1 Å². The van der Waals surface area contributed by atoms with Gasteiger partial charge in [-0.15, -0.1) is 0 Å². The monoisotopic (exact) mass is 504 g/mol. The summed E-state index contributed by atoms with van der Waals surface area (Å²) in [5.41, 5.74) is 1.45. The van der Waals surface area contributed by atoms with E-state index >= 15 is 0 Å². The molecule has 0 atom stereocenters. The maximum atomic E-state index is 13.0. The molecule has 0 spiro atoms. The zero-order valence-electron chi connectivity index (χ0n) is 19.1. The second kappa shape index (κ2) is 10.0. The molecule has 0 unspecified atom stereocenters. The van der Waals surface area contributed by atoms with Gasteiger partial charge in [0.05, 0.1) is 32.0 Å². The molecule has 34 heavy (non-hydrogen) atoms. The second-order valence-corrected chi connectivity index (χ2v) is 9.79. The van der Waals surface area contributed by atoms with Gasteiger partial charge in [-0.1, -0.05) is 23.7 Å². The van der Waals surface area contributed by atoms with Crippen molar-refractivity contribution < 1.29 is 22.6 Å². The highest BCUT2D eigenvalue weighted by molar-refractivity contribution is 7.89. The molecule has 1 aromatic heterocycles. The number of hydrogen-bond donors (Lipinski definition) is 0. The Kier molecular flexibility index (Phi) is 7.11. The maximum Gasteiger partial charge on any atom is 0.244 e. The maximum absolute atomic E-state index is 13.0. The minimum atomic E-state index is -3.68. The predicted molar refractivity (Wildman–Crippen MR) is 130 cm³/mol. The summed E-state index contributed by atoms with van der Waals surface area (Å²) in [4.78, 5) is 11.2. The highest BCUT2D eigenvalue weighted by Crippen LogP contribution is 2.41. The number of hydrogen-bond acceptors (Lipinski definition) is 8. The Labute approximate surface area is 203 Å². The summed E-state index contributed by atoms with van der Waals surface area (Å²) in [6.45, 7) is 1.49. The Morgan fingerprint density at radius 1 is 0.912 bits per heavy atom. The van der Waals surface area contributed by atoms with E-state index in [0.717, 1.165) is 5.56 Å². The minimum Gasteiger partial charge on any atom is -0.493 e. The lowest BCUT2D eigenvalue weighted by Gasteiger charge is -2.34. The lowest BCUT2D eigenvalue weighted by Crippen LogP contribution is -2.49. The van der Waals surface area contributed by atoms with E-state index < -0.39 is 10.0 Å². The lowest BCUT2D eigenvalue weighted by molar-refractivity contribution is 0.324. The van der Waals surface area contributed by atoms with E-state index in [-0.39, 0.29) is 9.92 Å². The predicted octanol–water partition coefficient (Wildman–Crippen LogP) is 3.33. The van der Waals surface area contributed by atoms with Crippen molar-refractivity contribution in [3.8, 4) is 28.5 Å². The Hall–Kier alpha value is -3.08. The number of piperazine rings is 1. The first-order chi connectivity index (χ1) is 16.4. The summed E-state index contributed by atoms with van der Waals surface area (Å²) in [5.74, 6) is 2.06. The molecule has 4 rings (SSSR count). The van der Waals surface area contributed by atoms with Crippen molar-refractivity contribution in [2.45, 2.75) is 4.90 Å². The average Bonchev–Trinajstić information content (AvgIpc) is 2.88. The summed E-state index contributed by atoms with van der Waals surface area (Å²) >= 11 is 6.13. The van der Waals surface area contributed by atoms with Crippen molar-refractivity contribution in [2.24, 2.45) is 0 Å². The van der Waals surface area contributed by atoms with Crippen LogP contribution in [0.5, 0.6) is 17.2 Å². The summed E-state index contributed by atoms with van der Waals surface area (Å²) in [7, 11) is 0.989. The average molecular weight is 505 g/mol. The van der Waals surface area contributed by atoms with Gasteiger partial charge in [-0.25, -0.2) is 18.4 Å². The van der Waals surface area contributed by atoms with Crippen LogP contribution in [0.25, 0.3) is 11.3 Å². The molecular weight excluding hydrogens is 480 g/mol. The first-order valence-corrected chi connectivity index (χ1v) is 12.3. The number of rotatable bonds is 7. The molecule has 11 heteroatoms. The fraction of sp³-hybridized carbons (Fsp3) is 0.304. The quantitative estimate of drug-likeness (QED) is 0.483. The largest absolute Gasteiger partial charge is 0.493 e. The van der Waals surface area contributed by atoms with E-state index in [4.69, 9.17) is 30.8 Å². The molecule has 1 fully saturated rings. The van der Waals surface area contributed by atoms with Crippen LogP contribution in [-0.4, -0.2) is 70.2 Å². The van der Waals surface area contributed by atoms with Crippen molar-refractivity contribution in [1.82, 2.24) is 14.3 Å². The molecule has 0 amide bonds. The number of methoxy groups -OCH3 is 3. The van der Waals surface area contributed by atoms with Gasteiger partial charge >= 0.3 is 0 Å². The number of sulfonamides is 1. The normalized spacial score (nSPS) is 14.6. The highest BCUT2D eigenvalue weighted by atomic mass is 35.5. The third kappa shape index (κ3) is 4.61. The molecule has 3 aromatic rings. The van der Waals surface area contributed by atoms with Gasteiger partial charge in [0.15, 0.2) is 11.5 Å². The van der Waals surface area contributed by atoms with E-state index in [0.29, 0.717) is 55.1 Å². The summed E-state index contributed by atoms with van der Waals surface area (Å²) in [5, 5.41) is 0.214. The Morgan fingerprint density at radius 2 is 1.56 bits per heavy atom. The smallest absolute Gasteiger partial charge is 0.244 e. The standard InChI is InChI=1S/C23H25ClN4O5S/c1-31-19-14-16(15-20(32-2)22(19)33-3)18-8-9-25-23(26-18)27-10-12-28(13-11-27)34(29,30)21-7-5-4-6-17(21)24/h4-9,14-15H,10-13H2,1-3H3. The molecule has 1 aliphatic heterocycles. The molecule has 0 aliphatic carbocycles. The van der Waals surface area contributed by atoms with Crippen molar-refractivity contribution in [2.75, 3.05) is 52.4 Å². The Balaban J connectivity index is 1.55. The zero-order chi connectivity index (χ0) is 24.3. The van der Waals surface area contributed by atoms with Gasteiger partial charge in [0.2, 0.25) is 21.7 Å². The van der Waals surface area contributed by atoms with E-state index in [1.165, 1.54) is 10.4 Å². The molecule has 1 aliphatic rings. The number of benzene rings is 2. The van der Waals surface area contributed by atoms with Gasteiger partial charge in [0, 0.05) is 37.9 Å². The molecule has 9 nitrogen and oxygen atoms in total. The zero-order valence-corrected chi connectivity index (χ0v) is 20.6. The van der Waals surface area contributed by atoms with Crippen LogP contribution < -0.4 is 19.1 Å². The highest BCUT2D eigenvalue weighted by Gasteiger charge is 2.30. The first-order valence-electron chi connectivity index (χ1n) is 10.5. The van der Waals surface area contributed by atoms with Gasteiger partial charge in [0.1, 0.15) is 4.90 Å². The summed E-state index contributed by atoms with van der Waals surface area (Å²) < 4.78 is 43.8. The number of aromatic nitrogens is 2. The van der Waals surface area contributed by atoms with Crippen LogP contribution in [0.3, 0.4) is 0 Å². The third-order valence-corrected chi connectivity index (χ3v) is 7.98. The van der Waals surface area contributed by atoms with Gasteiger partial charge < -0.3 is 19.1 Å². The summed E-state index contributed by atoms with van der Waals surface area (Å²) in [6.07, 6.45) is 1.67. The van der Waals surface area contributed by atoms with E-state index in [1.807, 2.05) is 17.0 Å². The number of ether oxygens (including phenoxy) is 3. The summed E-state index contributed by atoms with van der Waals surface area (Å²) in [6, 6.07) is 11.9. The molecule has 180 valence electrons. The van der Waals surface area contributed by atoms with Gasteiger partial charge in [-0.3, -0.25) is 0 Å². The number of nitrogens with zero attached hydrogens (tertiary/aromatic N) is 4. The SMILES string of the molecule is COc1cc(-c2ccnc(N3CCN(S(=O)(=O)c4ccccc4Cl)CC3)n2)cc(OC)c1OC. The van der Waals surface area contributed by atoms with Crippen LogP contribution in [-0.2, 0) is 10.0 Å². The lowest BCUT2D eigenvalue weighted by atomic mass is 10.1. The van der Waals surface area contributed by atoms with Crippen molar-refractivity contribution >= 4 is 27.6 Å². The Morgan fingerprint density at radius 3 is 2.15 bits per heavy atom. The Bertz CT molecular complexity index is 1250.